The Kier molecular flexibility index (Phi) is 6.17. The number of alkyl carbamates (subject to hydrolysis) is 1. The molecule has 2 aliphatic rings. The number of rotatable bonds is 3. The summed E-state index contributed by atoms with van der Waals surface area (Å²) in [6, 6.07) is 5.25. The zero-order chi connectivity index (χ0) is 20.3. The minimum Gasteiger partial charge on any atom is -0.459 e. The van der Waals surface area contributed by atoms with Crippen molar-refractivity contribution in [3.05, 3.63) is 23.8 Å². The molecule has 0 saturated heterocycles. The van der Waals surface area contributed by atoms with E-state index in [-0.39, 0.29) is 18.1 Å². The van der Waals surface area contributed by atoms with Crippen molar-refractivity contribution in [3.63, 3.8) is 0 Å². The Morgan fingerprint density at radius 3 is 2.57 bits per heavy atom. The SMILES string of the molecule is CC(C)(C)OC(=O)NC1CCC(OC(=O)c2ccc3c(c2)NC(=O)CS3)CC1. The minimum absolute atomic E-state index is 0.0285. The molecule has 3 rings (SSSR count). The molecule has 2 amide bonds. The number of hydrogen-bond donors (Lipinski definition) is 2. The maximum absolute atomic E-state index is 12.5. The smallest absolute Gasteiger partial charge is 0.407 e. The lowest BCUT2D eigenvalue weighted by molar-refractivity contribution is -0.113. The van der Waals surface area contributed by atoms with Crippen molar-refractivity contribution >= 4 is 35.4 Å². The molecule has 0 radical (unpaired) electrons. The number of esters is 1. The van der Waals surface area contributed by atoms with Crippen LogP contribution in [0.15, 0.2) is 23.1 Å². The van der Waals surface area contributed by atoms with Gasteiger partial charge >= 0.3 is 12.1 Å². The van der Waals surface area contributed by atoms with E-state index in [1.54, 1.807) is 12.1 Å². The summed E-state index contributed by atoms with van der Waals surface area (Å²) in [5, 5.41) is 5.65. The Balaban J connectivity index is 1.48. The third-order valence-electron chi connectivity index (χ3n) is 4.52. The second-order valence-electron chi connectivity index (χ2n) is 8.07. The molecule has 152 valence electrons. The number of benzene rings is 1. The van der Waals surface area contributed by atoms with Crippen molar-refractivity contribution in [1.29, 1.82) is 0 Å². The normalized spacial score (nSPS) is 21.9. The van der Waals surface area contributed by atoms with Crippen molar-refractivity contribution < 1.29 is 23.9 Å². The number of nitrogens with one attached hydrogen (secondary N) is 2. The average molecular weight is 407 g/mol. The van der Waals surface area contributed by atoms with Gasteiger partial charge in [0.05, 0.1) is 17.0 Å². The Bertz CT molecular complexity index is 766. The fourth-order valence-corrected chi connectivity index (χ4v) is 4.02. The third-order valence-corrected chi connectivity index (χ3v) is 5.59. The molecule has 0 spiro atoms. The number of fused-ring (bicyclic) bond motifs is 1. The van der Waals surface area contributed by atoms with Gasteiger partial charge in [-0.25, -0.2) is 9.59 Å². The predicted molar refractivity (Wildman–Crippen MR) is 107 cm³/mol. The summed E-state index contributed by atoms with van der Waals surface area (Å²) in [5.74, 6) is -0.0767. The van der Waals surface area contributed by atoms with Gasteiger partial charge in [0.1, 0.15) is 11.7 Å². The molecule has 1 fully saturated rings. The summed E-state index contributed by atoms with van der Waals surface area (Å²) in [4.78, 5) is 36.8. The highest BCUT2D eigenvalue weighted by atomic mass is 32.2. The lowest BCUT2D eigenvalue weighted by atomic mass is 9.93. The summed E-state index contributed by atoms with van der Waals surface area (Å²) < 4.78 is 10.9. The van der Waals surface area contributed by atoms with Gasteiger partial charge in [-0.3, -0.25) is 4.79 Å². The van der Waals surface area contributed by atoms with Gasteiger partial charge in [0.25, 0.3) is 0 Å². The van der Waals surface area contributed by atoms with E-state index in [9.17, 15) is 14.4 Å². The van der Waals surface area contributed by atoms with Crippen LogP contribution in [0, 0.1) is 0 Å². The zero-order valence-corrected chi connectivity index (χ0v) is 17.2. The first-order valence-electron chi connectivity index (χ1n) is 9.47. The summed E-state index contributed by atoms with van der Waals surface area (Å²) >= 11 is 1.45. The standard InChI is InChI=1S/C20H26N2O5S/c1-20(2,3)27-19(25)21-13-5-7-14(8-6-13)26-18(24)12-4-9-16-15(10-12)22-17(23)11-28-16/h4,9-10,13-14H,5-8,11H2,1-3H3,(H,21,25)(H,22,23). The van der Waals surface area contributed by atoms with Gasteiger partial charge in [0.15, 0.2) is 0 Å². The topological polar surface area (TPSA) is 93.7 Å². The van der Waals surface area contributed by atoms with Gasteiger partial charge in [-0.2, -0.15) is 0 Å². The van der Waals surface area contributed by atoms with Gasteiger partial charge in [0.2, 0.25) is 5.91 Å². The van der Waals surface area contributed by atoms with Crippen molar-refractivity contribution in [1.82, 2.24) is 5.32 Å². The van der Waals surface area contributed by atoms with E-state index in [1.165, 1.54) is 11.8 Å². The third kappa shape index (κ3) is 5.64. The number of amides is 2. The van der Waals surface area contributed by atoms with Gasteiger partial charge in [0, 0.05) is 10.9 Å². The Labute approximate surface area is 168 Å². The molecule has 1 aliphatic carbocycles. The van der Waals surface area contributed by atoms with Crippen molar-refractivity contribution in [2.45, 2.75) is 69.1 Å². The fourth-order valence-electron chi connectivity index (χ4n) is 3.23. The highest BCUT2D eigenvalue weighted by Gasteiger charge is 2.27. The Hall–Kier alpha value is -2.22. The lowest BCUT2D eigenvalue weighted by Gasteiger charge is -2.30. The second-order valence-corrected chi connectivity index (χ2v) is 9.09. The van der Waals surface area contributed by atoms with E-state index < -0.39 is 17.7 Å². The average Bonchev–Trinajstić information content (AvgIpc) is 2.61. The van der Waals surface area contributed by atoms with Crippen LogP contribution >= 0.6 is 11.8 Å². The van der Waals surface area contributed by atoms with Crippen molar-refractivity contribution in [3.8, 4) is 0 Å². The van der Waals surface area contributed by atoms with Crippen LogP contribution in [0.25, 0.3) is 0 Å². The quantitative estimate of drug-likeness (QED) is 0.743. The molecular formula is C20H26N2O5S. The summed E-state index contributed by atoms with van der Waals surface area (Å²) in [6.07, 6.45) is 2.24. The van der Waals surface area contributed by atoms with E-state index in [1.807, 2.05) is 26.8 Å². The van der Waals surface area contributed by atoms with Crippen LogP contribution < -0.4 is 10.6 Å². The van der Waals surface area contributed by atoms with E-state index in [2.05, 4.69) is 10.6 Å². The number of ether oxygens (including phenoxy) is 2. The molecule has 2 N–H and O–H groups in total. The minimum atomic E-state index is -0.524. The van der Waals surface area contributed by atoms with E-state index >= 15 is 0 Å². The van der Waals surface area contributed by atoms with Gasteiger partial charge in [-0.1, -0.05) is 0 Å². The monoisotopic (exact) mass is 406 g/mol. The van der Waals surface area contributed by atoms with Crippen molar-refractivity contribution in [2.75, 3.05) is 11.1 Å². The van der Waals surface area contributed by atoms with Crippen LogP contribution in [0.4, 0.5) is 10.5 Å². The van der Waals surface area contributed by atoms with E-state index in [4.69, 9.17) is 9.47 Å². The zero-order valence-electron chi connectivity index (χ0n) is 16.4. The Morgan fingerprint density at radius 1 is 1.18 bits per heavy atom. The molecule has 0 bridgehead atoms. The van der Waals surface area contributed by atoms with Crippen molar-refractivity contribution in [2.24, 2.45) is 0 Å². The molecule has 1 aromatic carbocycles. The first-order valence-corrected chi connectivity index (χ1v) is 10.5. The van der Waals surface area contributed by atoms with Gasteiger partial charge < -0.3 is 20.1 Å². The van der Waals surface area contributed by atoms with Crippen LogP contribution in [0.5, 0.6) is 0 Å². The molecule has 1 saturated carbocycles. The Morgan fingerprint density at radius 2 is 1.89 bits per heavy atom. The van der Waals surface area contributed by atoms with Crippen LogP contribution in [0.2, 0.25) is 0 Å². The molecule has 7 nitrogen and oxygen atoms in total. The number of hydrogen-bond acceptors (Lipinski definition) is 6. The number of anilines is 1. The van der Waals surface area contributed by atoms with Crippen LogP contribution in [0.1, 0.15) is 56.8 Å². The molecule has 1 heterocycles. The number of thioether (sulfide) groups is 1. The number of carbonyl (C=O) groups is 3. The first kappa shape index (κ1) is 20.5. The molecule has 1 aliphatic heterocycles. The molecule has 0 aromatic heterocycles. The molecule has 0 unspecified atom stereocenters. The summed E-state index contributed by atoms with van der Waals surface area (Å²) in [6.45, 7) is 5.48. The lowest BCUT2D eigenvalue weighted by Crippen LogP contribution is -2.42. The van der Waals surface area contributed by atoms with Crippen LogP contribution in [-0.4, -0.2) is 41.5 Å². The van der Waals surface area contributed by atoms with Gasteiger partial charge in [-0.05, 0) is 64.7 Å². The summed E-state index contributed by atoms with van der Waals surface area (Å²) in [5.41, 5.74) is 0.556. The fraction of sp³-hybridized carbons (Fsp3) is 0.550. The second kappa shape index (κ2) is 8.43. The van der Waals surface area contributed by atoms with Crippen LogP contribution in [-0.2, 0) is 14.3 Å². The largest absolute Gasteiger partial charge is 0.459 e. The highest BCUT2D eigenvalue weighted by molar-refractivity contribution is 8.00. The molecule has 0 atom stereocenters. The van der Waals surface area contributed by atoms with E-state index in [0.29, 0.717) is 29.8 Å². The maximum Gasteiger partial charge on any atom is 0.407 e. The van der Waals surface area contributed by atoms with Gasteiger partial charge in [-0.15, -0.1) is 11.8 Å². The number of carbonyl (C=O) groups excluding carboxylic acids is 3. The van der Waals surface area contributed by atoms with E-state index in [0.717, 1.165) is 17.7 Å². The maximum atomic E-state index is 12.5. The molecule has 28 heavy (non-hydrogen) atoms. The first-order chi connectivity index (χ1) is 13.2. The molecule has 8 heteroatoms. The molecular weight excluding hydrogens is 380 g/mol. The summed E-state index contributed by atoms with van der Waals surface area (Å²) in [7, 11) is 0. The van der Waals surface area contributed by atoms with Crippen LogP contribution in [0.3, 0.4) is 0 Å². The molecule has 1 aromatic rings. The highest BCUT2D eigenvalue weighted by Crippen LogP contribution is 2.32. The predicted octanol–water partition coefficient (Wildman–Crippen LogP) is 3.72.